The fourth-order valence-electron chi connectivity index (χ4n) is 6.12. The van der Waals surface area contributed by atoms with Crippen LogP contribution in [0.3, 0.4) is 0 Å². The molecular weight excluding hydrogens is 684 g/mol. The van der Waals surface area contributed by atoms with Crippen LogP contribution in [-0.4, -0.2) is 79.4 Å². The first-order valence-corrected chi connectivity index (χ1v) is 21.0. The lowest BCUT2D eigenvalue weighted by Crippen LogP contribution is -2.58. The largest absolute Gasteiger partial charge is 0.465 e. The number of hydrogen-bond donors (Lipinski definition) is 2. The van der Waals surface area contributed by atoms with E-state index in [1.165, 1.54) is 12.5 Å². The minimum atomic E-state index is -1.78. The van der Waals surface area contributed by atoms with Gasteiger partial charge in [-0.25, -0.2) is 19.2 Å². The smallest absolute Gasteiger partial charge is 0.407 e. The van der Waals surface area contributed by atoms with Gasteiger partial charge in [-0.15, -0.1) is 0 Å². The third kappa shape index (κ3) is 7.60. The number of carbonyl (C=O) groups is 2. The summed E-state index contributed by atoms with van der Waals surface area (Å²) in [4.78, 5) is 43.5. The van der Waals surface area contributed by atoms with Gasteiger partial charge in [-0.05, 0) is 49.2 Å². The maximum Gasteiger partial charge on any atom is 0.407 e. The number of amides is 2. The van der Waals surface area contributed by atoms with E-state index >= 15 is 4.39 Å². The lowest BCUT2D eigenvalue weighted by Gasteiger charge is -2.42. The fraction of sp³-hybridized carbons (Fsp3) is 0.432. The standard InChI is InChI=1S/C37H45FN8O5Si/c1-22-15-24(9-11-26(22)23(2)42-32(47)33-43-34(44-51-33)36(3,4)5)30-27-16-29(46(31(27)41-20-40-30)21-50-13-14-52(6,7)8)28-12-10-25(17-39-28)37(38)18-45(19-37)35(48)49/h9-12,15-17,20,23H,13-14,18-19,21H2,1-8H3,(H,42,47)(H,48,49)/t23-/m1/s1. The van der Waals surface area contributed by atoms with Crippen LogP contribution in [0.25, 0.3) is 33.7 Å². The third-order valence-electron chi connectivity index (χ3n) is 9.25. The number of hydrogen-bond acceptors (Lipinski definition) is 9. The molecule has 6 rings (SSSR count). The summed E-state index contributed by atoms with van der Waals surface area (Å²) < 4.78 is 28.8. The lowest BCUT2D eigenvalue weighted by molar-refractivity contribution is -0.0240. The molecule has 0 spiro atoms. The Hall–Kier alpha value is -5.02. The van der Waals surface area contributed by atoms with Crippen LogP contribution >= 0.6 is 0 Å². The Labute approximate surface area is 302 Å². The van der Waals surface area contributed by atoms with E-state index in [2.05, 4.69) is 50.1 Å². The molecule has 0 unspecified atom stereocenters. The number of ether oxygens (including phenoxy) is 1. The van der Waals surface area contributed by atoms with E-state index in [0.717, 1.165) is 38.7 Å². The van der Waals surface area contributed by atoms with Gasteiger partial charge in [0.15, 0.2) is 11.5 Å². The topological polar surface area (TPSA) is 161 Å². The molecule has 0 radical (unpaired) electrons. The molecule has 1 saturated heterocycles. The first-order valence-electron chi connectivity index (χ1n) is 17.3. The highest BCUT2D eigenvalue weighted by atomic mass is 28.3. The van der Waals surface area contributed by atoms with Gasteiger partial charge < -0.3 is 24.6 Å². The predicted octanol–water partition coefficient (Wildman–Crippen LogP) is 7.11. The minimum absolute atomic E-state index is 0.0830. The van der Waals surface area contributed by atoms with Crippen LogP contribution in [0.2, 0.25) is 25.7 Å². The number of halogens is 1. The first-order chi connectivity index (χ1) is 24.4. The SMILES string of the molecule is Cc1cc(-c2ncnc3c2cc(-c2ccc(C4(F)CN(C(=O)O)C4)cn2)n3COCC[Si](C)(C)C)ccc1[C@@H](C)NC(=O)c1nc(C(C)(C)C)no1. The van der Waals surface area contributed by atoms with Crippen molar-refractivity contribution >= 4 is 31.1 Å². The lowest BCUT2D eigenvalue weighted by atomic mass is 9.89. The maximum absolute atomic E-state index is 15.4. The number of carboxylic acid groups (broad SMARTS) is 1. The molecule has 52 heavy (non-hydrogen) atoms. The molecule has 15 heteroatoms. The van der Waals surface area contributed by atoms with Crippen LogP contribution in [0.4, 0.5) is 9.18 Å². The molecule has 4 aromatic heterocycles. The van der Waals surface area contributed by atoms with Gasteiger partial charge in [0.05, 0.1) is 36.2 Å². The van der Waals surface area contributed by atoms with Crippen molar-refractivity contribution < 1.29 is 28.3 Å². The number of pyridine rings is 1. The summed E-state index contributed by atoms with van der Waals surface area (Å²) >= 11 is 0. The number of likely N-dealkylation sites (tertiary alicyclic amines) is 1. The average Bonchev–Trinajstić information content (AvgIpc) is 3.71. The van der Waals surface area contributed by atoms with Crippen molar-refractivity contribution in [3.8, 4) is 22.6 Å². The Morgan fingerprint density at radius 2 is 1.87 bits per heavy atom. The summed E-state index contributed by atoms with van der Waals surface area (Å²) in [6.45, 7) is 17.0. The van der Waals surface area contributed by atoms with E-state index in [1.54, 1.807) is 12.1 Å². The van der Waals surface area contributed by atoms with E-state index in [-0.39, 0.29) is 37.2 Å². The zero-order chi connectivity index (χ0) is 37.6. The fourth-order valence-corrected chi connectivity index (χ4v) is 6.88. The highest BCUT2D eigenvalue weighted by molar-refractivity contribution is 6.76. The monoisotopic (exact) mass is 728 g/mol. The molecule has 13 nitrogen and oxygen atoms in total. The van der Waals surface area contributed by atoms with Crippen molar-refractivity contribution in [3.63, 3.8) is 0 Å². The molecule has 1 aliphatic rings. The van der Waals surface area contributed by atoms with Gasteiger partial charge in [0, 0.05) is 42.8 Å². The van der Waals surface area contributed by atoms with Gasteiger partial charge >= 0.3 is 17.9 Å². The quantitative estimate of drug-likeness (QED) is 0.106. The van der Waals surface area contributed by atoms with Crippen LogP contribution in [0.1, 0.15) is 66.9 Å². The number of nitrogens with one attached hydrogen (secondary N) is 1. The number of carbonyl (C=O) groups excluding carboxylic acids is 1. The van der Waals surface area contributed by atoms with Crippen LogP contribution in [0, 0.1) is 6.92 Å². The Bertz CT molecular complexity index is 2110. The number of aryl methyl sites for hydroxylation is 1. The van der Waals surface area contributed by atoms with E-state index in [9.17, 15) is 14.7 Å². The van der Waals surface area contributed by atoms with Gasteiger partial charge in [0.1, 0.15) is 18.7 Å². The van der Waals surface area contributed by atoms with E-state index in [4.69, 9.17) is 9.26 Å². The van der Waals surface area contributed by atoms with Gasteiger partial charge in [-0.1, -0.05) is 63.8 Å². The number of benzene rings is 1. The highest BCUT2D eigenvalue weighted by Gasteiger charge is 2.47. The number of aromatic nitrogens is 6. The summed E-state index contributed by atoms with van der Waals surface area (Å²) in [5, 5.41) is 16.9. The zero-order valence-corrected chi connectivity index (χ0v) is 31.8. The molecule has 1 atom stereocenters. The molecule has 1 aromatic carbocycles. The van der Waals surface area contributed by atoms with Gasteiger partial charge in [-0.3, -0.25) is 14.3 Å². The second kappa shape index (κ2) is 13.8. The molecule has 0 saturated carbocycles. The summed E-state index contributed by atoms with van der Waals surface area (Å²) in [6.07, 6.45) is 1.85. The molecule has 0 bridgehead atoms. The van der Waals surface area contributed by atoms with Gasteiger partial charge in [0.25, 0.3) is 0 Å². The number of rotatable bonds is 11. The zero-order valence-electron chi connectivity index (χ0n) is 30.8. The van der Waals surface area contributed by atoms with Crippen LogP contribution < -0.4 is 5.32 Å². The molecule has 2 N–H and O–H groups in total. The number of fused-ring (bicyclic) bond motifs is 1. The van der Waals surface area contributed by atoms with Crippen LogP contribution in [0.5, 0.6) is 0 Å². The van der Waals surface area contributed by atoms with E-state index < -0.39 is 25.7 Å². The van der Waals surface area contributed by atoms with E-state index in [1.807, 2.05) is 63.5 Å². The Morgan fingerprint density at radius 1 is 1.12 bits per heavy atom. The Kier molecular flexibility index (Phi) is 9.78. The highest BCUT2D eigenvalue weighted by Crippen LogP contribution is 2.38. The Morgan fingerprint density at radius 3 is 2.48 bits per heavy atom. The van der Waals surface area contributed by atoms with Crippen molar-refractivity contribution in [1.29, 1.82) is 0 Å². The van der Waals surface area contributed by atoms with Crippen molar-refractivity contribution in [2.45, 2.75) is 84.2 Å². The van der Waals surface area contributed by atoms with Crippen molar-refractivity contribution in [3.05, 3.63) is 77.3 Å². The molecule has 274 valence electrons. The van der Waals surface area contributed by atoms with Gasteiger partial charge in [-0.2, -0.15) is 4.98 Å². The number of alkyl halides is 1. The maximum atomic E-state index is 15.4. The van der Waals surface area contributed by atoms with Gasteiger partial charge in [0.2, 0.25) is 0 Å². The molecule has 2 amide bonds. The summed E-state index contributed by atoms with van der Waals surface area (Å²) in [6, 6.07) is 12.0. The molecule has 5 aromatic rings. The summed E-state index contributed by atoms with van der Waals surface area (Å²) in [7, 11) is -1.33. The van der Waals surface area contributed by atoms with Crippen molar-refractivity contribution in [2.75, 3.05) is 19.7 Å². The molecule has 1 fully saturated rings. The van der Waals surface area contributed by atoms with E-state index in [0.29, 0.717) is 35.0 Å². The molecular formula is C37H45FN8O5Si. The normalized spacial score (nSPS) is 15.1. The third-order valence-corrected chi connectivity index (χ3v) is 11.0. The minimum Gasteiger partial charge on any atom is -0.465 e. The summed E-state index contributed by atoms with van der Waals surface area (Å²) in [5.41, 5.74) is 3.61. The summed E-state index contributed by atoms with van der Waals surface area (Å²) in [5.74, 6) is -0.0724. The molecule has 0 aliphatic carbocycles. The second-order valence-corrected chi connectivity index (χ2v) is 21.4. The van der Waals surface area contributed by atoms with Crippen LogP contribution in [0.15, 0.2) is 53.4 Å². The average molecular weight is 729 g/mol. The number of nitrogens with zero attached hydrogens (tertiary/aromatic N) is 7. The molecule has 5 heterocycles. The second-order valence-electron chi connectivity index (χ2n) is 15.7. The Balaban J connectivity index is 1.29. The predicted molar refractivity (Wildman–Crippen MR) is 196 cm³/mol. The van der Waals surface area contributed by atoms with Crippen LogP contribution in [-0.2, 0) is 22.6 Å². The van der Waals surface area contributed by atoms with Crippen molar-refractivity contribution in [1.82, 2.24) is 39.9 Å². The molecule has 1 aliphatic heterocycles. The first kappa shape index (κ1) is 36.8. The van der Waals surface area contributed by atoms with Crippen molar-refractivity contribution in [2.24, 2.45) is 0 Å².